The van der Waals surface area contributed by atoms with Crippen molar-refractivity contribution in [3.8, 4) is 0 Å². The summed E-state index contributed by atoms with van der Waals surface area (Å²) in [6.07, 6.45) is 1.27. The number of aryl methyl sites for hydroxylation is 1. The first kappa shape index (κ1) is 20.4. The summed E-state index contributed by atoms with van der Waals surface area (Å²) in [6, 6.07) is 2.88. The zero-order chi connectivity index (χ0) is 19.9. The Morgan fingerprint density at radius 3 is 2.38 bits per heavy atom. The quantitative estimate of drug-likeness (QED) is 0.836. The number of aromatic nitrogens is 1. The van der Waals surface area contributed by atoms with E-state index in [1.54, 1.807) is 20.8 Å². The highest BCUT2D eigenvalue weighted by Gasteiger charge is 2.30. The summed E-state index contributed by atoms with van der Waals surface area (Å²) in [5.74, 6) is -3.04. The number of anilines is 1. The number of halogens is 3. The first-order chi connectivity index (χ1) is 11.8. The summed E-state index contributed by atoms with van der Waals surface area (Å²) < 4.78 is 52.7. The van der Waals surface area contributed by atoms with Crippen LogP contribution in [0.4, 0.5) is 14.5 Å². The van der Waals surface area contributed by atoms with Crippen LogP contribution in [-0.2, 0) is 16.9 Å². The molecule has 26 heavy (non-hydrogen) atoms. The van der Waals surface area contributed by atoms with Crippen molar-refractivity contribution in [1.82, 2.24) is 4.57 Å². The lowest BCUT2D eigenvalue weighted by atomic mass is 10.0. The van der Waals surface area contributed by atoms with Crippen molar-refractivity contribution < 1.29 is 22.0 Å². The number of sulfone groups is 1. The fraction of sp³-hybridized carbons (Fsp3) is 0.353. The summed E-state index contributed by atoms with van der Waals surface area (Å²) in [6.45, 7) is 5.33. The number of rotatable bonds is 4. The zero-order valence-electron chi connectivity index (χ0n) is 14.7. The van der Waals surface area contributed by atoms with E-state index < -0.39 is 32.8 Å². The second-order valence-electron chi connectivity index (χ2n) is 7.17. The van der Waals surface area contributed by atoms with Gasteiger partial charge < -0.3 is 9.88 Å². The minimum absolute atomic E-state index is 0.0188. The highest BCUT2D eigenvalue weighted by molar-refractivity contribution is 7.91. The number of hydrogen-bond donors (Lipinski definition) is 1. The Morgan fingerprint density at radius 1 is 1.23 bits per heavy atom. The fourth-order valence-corrected chi connectivity index (χ4v) is 5.06. The van der Waals surface area contributed by atoms with Crippen LogP contribution < -0.4 is 5.32 Å². The van der Waals surface area contributed by atoms with Gasteiger partial charge in [-0.05, 0) is 17.5 Å². The van der Waals surface area contributed by atoms with Gasteiger partial charge in [0.15, 0.2) is 21.5 Å². The van der Waals surface area contributed by atoms with Crippen molar-refractivity contribution in [2.45, 2.75) is 25.7 Å². The van der Waals surface area contributed by atoms with E-state index in [0.29, 0.717) is 0 Å². The molecule has 0 unspecified atom stereocenters. The summed E-state index contributed by atoms with van der Waals surface area (Å²) >= 11 is 6.17. The first-order valence-corrected chi connectivity index (χ1v) is 9.69. The standard InChI is InChI=1S/C17H19ClF2N2O3S/c1-17(2,3)9-26(24,25)13-8-22(4)15(14(13)18)16(23)21-10-5-6-11(19)12(20)7-10/h5-8H,9H2,1-4H3,(H,21,23). The molecule has 0 bridgehead atoms. The van der Waals surface area contributed by atoms with Crippen molar-refractivity contribution in [1.29, 1.82) is 0 Å². The first-order valence-electron chi connectivity index (χ1n) is 7.66. The minimum Gasteiger partial charge on any atom is -0.344 e. The predicted molar refractivity (Wildman–Crippen MR) is 96.2 cm³/mol. The second-order valence-corrected chi connectivity index (χ2v) is 9.51. The number of benzene rings is 1. The predicted octanol–water partition coefficient (Wildman–Crippen LogP) is 4.03. The Hall–Kier alpha value is -1.93. The van der Waals surface area contributed by atoms with Gasteiger partial charge in [0.2, 0.25) is 0 Å². The molecule has 0 aliphatic carbocycles. The number of hydrogen-bond acceptors (Lipinski definition) is 3. The van der Waals surface area contributed by atoms with Crippen LogP contribution >= 0.6 is 11.6 Å². The lowest BCUT2D eigenvalue weighted by Crippen LogP contribution is -2.21. The normalized spacial score (nSPS) is 12.3. The van der Waals surface area contributed by atoms with Crippen LogP contribution in [0.25, 0.3) is 0 Å². The third-order valence-corrected chi connectivity index (χ3v) is 6.16. The molecule has 142 valence electrons. The van der Waals surface area contributed by atoms with E-state index in [1.165, 1.54) is 23.9 Å². The van der Waals surface area contributed by atoms with Crippen LogP contribution in [0, 0.1) is 17.0 Å². The molecule has 1 heterocycles. The van der Waals surface area contributed by atoms with Gasteiger partial charge in [-0.1, -0.05) is 32.4 Å². The maximum atomic E-state index is 13.3. The van der Waals surface area contributed by atoms with Crippen molar-refractivity contribution >= 4 is 33.0 Å². The Balaban J connectivity index is 2.37. The SMILES string of the molecule is Cn1cc(S(=O)(=O)CC(C)(C)C)c(Cl)c1C(=O)Nc1ccc(F)c(F)c1. The van der Waals surface area contributed by atoms with E-state index in [1.807, 2.05) is 0 Å². The molecule has 0 aliphatic heterocycles. The molecule has 0 saturated carbocycles. The van der Waals surface area contributed by atoms with Crippen LogP contribution in [0.3, 0.4) is 0 Å². The molecule has 0 radical (unpaired) electrons. The third kappa shape index (κ3) is 4.42. The molecule has 1 amide bonds. The molecule has 1 N–H and O–H groups in total. The molecule has 2 rings (SSSR count). The maximum Gasteiger partial charge on any atom is 0.273 e. The van der Waals surface area contributed by atoms with Gasteiger partial charge in [0.05, 0.1) is 10.8 Å². The van der Waals surface area contributed by atoms with E-state index in [2.05, 4.69) is 5.32 Å². The fourth-order valence-electron chi connectivity index (χ4n) is 2.46. The van der Waals surface area contributed by atoms with Gasteiger partial charge in [-0.3, -0.25) is 4.79 Å². The molecule has 1 aromatic carbocycles. The van der Waals surface area contributed by atoms with Crippen molar-refractivity contribution in [2.75, 3.05) is 11.1 Å². The minimum atomic E-state index is -3.71. The Morgan fingerprint density at radius 2 is 1.85 bits per heavy atom. The second kappa shape index (κ2) is 7.00. The van der Waals surface area contributed by atoms with Crippen LogP contribution in [-0.4, -0.2) is 24.6 Å². The van der Waals surface area contributed by atoms with Crippen LogP contribution in [0.1, 0.15) is 31.3 Å². The molecule has 0 saturated heterocycles. The third-order valence-electron chi connectivity index (χ3n) is 3.44. The van der Waals surface area contributed by atoms with Gasteiger partial charge in [0, 0.05) is 25.0 Å². The average Bonchev–Trinajstić information content (AvgIpc) is 2.76. The van der Waals surface area contributed by atoms with E-state index in [9.17, 15) is 22.0 Å². The number of carbonyl (C=O) groups is 1. The summed E-state index contributed by atoms with van der Waals surface area (Å²) in [5, 5.41) is 2.16. The van der Waals surface area contributed by atoms with Crippen LogP contribution in [0.15, 0.2) is 29.3 Å². The largest absolute Gasteiger partial charge is 0.344 e. The molecule has 0 aliphatic rings. The lowest BCUT2D eigenvalue weighted by Gasteiger charge is -2.17. The van der Waals surface area contributed by atoms with Gasteiger partial charge in [-0.2, -0.15) is 0 Å². The molecule has 2 aromatic rings. The number of carbonyl (C=O) groups excluding carboxylic acids is 1. The van der Waals surface area contributed by atoms with Crippen molar-refractivity contribution in [2.24, 2.45) is 12.5 Å². The van der Waals surface area contributed by atoms with Crippen LogP contribution in [0.5, 0.6) is 0 Å². The Kier molecular flexibility index (Phi) is 5.49. The average molecular weight is 405 g/mol. The topological polar surface area (TPSA) is 68.2 Å². The summed E-state index contributed by atoms with van der Waals surface area (Å²) in [4.78, 5) is 12.3. The monoisotopic (exact) mass is 404 g/mol. The maximum absolute atomic E-state index is 13.3. The van der Waals surface area contributed by atoms with E-state index in [4.69, 9.17) is 11.6 Å². The van der Waals surface area contributed by atoms with Crippen molar-refractivity contribution in [3.05, 3.63) is 46.7 Å². The summed E-state index contributed by atoms with van der Waals surface area (Å²) in [7, 11) is -2.24. The highest BCUT2D eigenvalue weighted by Crippen LogP contribution is 2.31. The van der Waals surface area contributed by atoms with E-state index in [0.717, 1.165) is 12.1 Å². The molecular formula is C17H19ClF2N2O3S. The molecule has 0 atom stereocenters. The molecule has 9 heteroatoms. The molecule has 0 fully saturated rings. The molecular weight excluding hydrogens is 386 g/mol. The number of nitrogens with zero attached hydrogens (tertiary/aromatic N) is 1. The Bertz CT molecular complexity index is 963. The van der Waals surface area contributed by atoms with E-state index in [-0.39, 0.29) is 27.1 Å². The molecule has 1 aromatic heterocycles. The number of amides is 1. The van der Waals surface area contributed by atoms with Gasteiger partial charge in [-0.25, -0.2) is 17.2 Å². The summed E-state index contributed by atoms with van der Waals surface area (Å²) in [5.41, 5.74) is -0.569. The smallest absolute Gasteiger partial charge is 0.273 e. The Labute approximate surface area is 155 Å². The number of nitrogens with one attached hydrogen (secondary N) is 1. The highest BCUT2D eigenvalue weighted by atomic mass is 35.5. The molecule has 0 spiro atoms. The van der Waals surface area contributed by atoms with Crippen molar-refractivity contribution in [3.63, 3.8) is 0 Å². The van der Waals surface area contributed by atoms with Gasteiger partial charge in [-0.15, -0.1) is 0 Å². The zero-order valence-corrected chi connectivity index (χ0v) is 16.3. The van der Waals surface area contributed by atoms with Gasteiger partial charge in [0.25, 0.3) is 5.91 Å². The van der Waals surface area contributed by atoms with Gasteiger partial charge >= 0.3 is 0 Å². The van der Waals surface area contributed by atoms with E-state index >= 15 is 0 Å². The molecule has 5 nitrogen and oxygen atoms in total. The van der Waals surface area contributed by atoms with Gasteiger partial charge in [0.1, 0.15) is 10.6 Å². The van der Waals surface area contributed by atoms with Crippen LogP contribution in [0.2, 0.25) is 5.02 Å². The lowest BCUT2D eigenvalue weighted by molar-refractivity contribution is 0.101.